The zero-order chi connectivity index (χ0) is 29.5. The molecule has 1 aromatic heterocycles. The van der Waals surface area contributed by atoms with Crippen molar-refractivity contribution in [3.63, 3.8) is 0 Å². The highest BCUT2D eigenvalue weighted by molar-refractivity contribution is 6.10. The standard InChI is InChI=1S/C31H33F3N4O4/c1-41-25-6-3-2-5-22(25)28(39)35-27-26-24(37-38(27)15-12-19-7-8-19)18-30(36-29(26)40)14-11-20-17-21(9-10-23(20)30)42-16-4-13-31(32,33)34/h2-3,5-6,9-10,17,19H,4,7-8,11-16,18H2,1H3,(H,35,39)(H,36,40)/t30-/m0/s1. The Morgan fingerprint density at radius 1 is 1.21 bits per heavy atom. The number of nitrogens with one attached hydrogen (secondary N) is 2. The first-order valence-corrected chi connectivity index (χ1v) is 14.4. The van der Waals surface area contributed by atoms with Crippen molar-refractivity contribution in [2.75, 3.05) is 19.0 Å². The van der Waals surface area contributed by atoms with Gasteiger partial charge in [0.1, 0.15) is 22.9 Å². The van der Waals surface area contributed by atoms with E-state index in [9.17, 15) is 22.8 Å². The number of rotatable bonds is 10. The molecular formula is C31H33F3N4O4. The number of halogens is 3. The van der Waals surface area contributed by atoms with E-state index in [0.29, 0.717) is 65.9 Å². The molecule has 6 rings (SSSR count). The van der Waals surface area contributed by atoms with Gasteiger partial charge < -0.3 is 20.1 Å². The van der Waals surface area contributed by atoms with E-state index >= 15 is 0 Å². The molecule has 0 saturated heterocycles. The van der Waals surface area contributed by atoms with Gasteiger partial charge in [0.05, 0.1) is 30.5 Å². The highest BCUT2D eigenvalue weighted by Crippen LogP contribution is 2.44. The second kappa shape index (κ2) is 11.0. The summed E-state index contributed by atoms with van der Waals surface area (Å²) in [6.45, 7) is 0.566. The van der Waals surface area contributed by atoms with Crippen LogP contribution in [0.2, 0.25) is 0 Å². The van der Waals surface area contributed by atoms with Crippen LogP contribution >= 0.6 is 0 Å². The fourth-order valence-corrected chi connectivity index (χ4v) is 6.08. The lowest BCUT2D eigenvalue weighted by molar-refractivity contribution is -0.136. The van der Waals surface area contributed by atoms with Gasteiger partial charge in [0.25, 0.3) is 11.8 Å². The Hall–Kier alpha value is -4.02. The number of hydrogen-bond acceptors (Lipinski definition) is 5. The van der Waals surface area contributed by atoms with E-state index in [-0.39, 0.29) is 24.8 Å². The highest BCUT2D eigenvalue weighted by atomic mass is 19.4. The first-order valence-electron chi connectivity index (χ1n) is 14.4. The number of hydrogen-bond donors (Lipinski definition) is 2. The average molecular weight is 583 g/mol. The van der Waals surface area contributed by atoms with Gasteiger partial charge in [-0.05, 0) is 67.0 Å². The summed E-state index contributed by atoms with van der Waals surface area (Å²) in [7, 11) is 1.50. The maximum absolute atomic E-state index is 13.7. The molecule has 3 aliphatic rings. The van der Waals surface area contributed by atoms with Crippen LogP contribution in [0.4, 0.5) is 19.0 Å². The van der Waals surface area contributed by atoms with Crippen LogP contribution < -0.4 is 20.1 Å². The van der Waals surface area contributed by atoms with Crippen LogP contribution in [-0.4, -0.2) is 41.5 Å². The Labute approximate surface area is 241 Å². The quantitative estimate of drug-likeness (QED) is 0.295. The number of anilines is 1. The fraction of sp³-hybridized carbons (Fsp3) is 0.452. The molecule has 8 nitrogen and oxygen atoms in total. The van der Waals surface area contributed by atoms with Crippen LogP contribution in [0.15, 0.2) is 42.5 Å². The molecule has 1 atom stereocenters. The summed E-state index contributed by atoms with van der Waals surface area (Å²) in [5, 5.41) is 11.0. The van der Waals surface area contributed by atoms with E-state index in [1.54, 1.807) is 35.0 Å². The molecule has 2 N–H and O–H groups in total. The molecule has 42 heavy (non-hydrogen) atoms. The van der Waals surface area contributed by atoms with Crippen LogP contribution in [0.25, 0.3) is 0 Å². The van der Waals surface area contributed by atoms with Crippen LogP contribution in [0, 0.1) is 5.92 Å². The van der Waals surface area contributed by atoms with Crippen molar-refractivity contribution in [1.82, 2.24) is 15.1 Å². The SMILES string of the molecule is COc1ccccc1C(=O)Nc1c2c(nn1CCC1CC1)C[C@]1(CCc3cc(OCCCC(F)(F)F)ccc31)NC2=O. The molecule has 1 saturated carbocycles. The fourth-order valence-electron chi connectivity index (χ4n) is 6.08. The number of carbonyl (C=O) groups excluding carboxylic acids is 2. The predicted octanol–water partition coefficient (Wildman–Crippen LogP) is 5.79. The summed E-state index contributed by atoms with van der Waals surface area (Å²) in [6.07, 6.45) is -0.120. The lowest BCUT2D eigenvalue weighted by atomic mass is 9.82. The molecule has 0 bridgehead atoms. The second-order valence-corrected chi connectivity index (χ2v) is 11.4. The van der Waals surface area contributed by atoms with E-state index in [1.165, 1.54) is 20.0 Å². The first-order chi connectivity index (χ1) is 20.2. The van der Waals surface area contributed by atoms with Gasteiger partial charge in [-0.25, -0.2) is 4.68 Å². The number of aryl methyl sites for hydroxylation is 2. The van der Waals surface area contributed by atoms with Crippen molar-refractivity contribution in [2.24, 2.45) is 5.92 Å². The van der Waals surface area contributed by atoms with Crippen molar-refractivity contribution < 1.29 is 32.2 Å². The van der Waals surface area contributed by atoms with Crippen LogP contribution in [-0.2, 0) is 24.9 Å². The van der Waals surface area contributed by atoms with E-state index in [1.807, 2.05) is 12.1 Å². The third-order valence-electron chi connectivity index (χ3n) is 8.39. The predicted molar refractivity (Wildman–Crippen MR) is 149 cm³/mol. The number of fused-ring (bicyclic) bond motifs is 3. The minimum atomic E-state index is -4.20. The van der Waals surface area contributed by atoms with E-state index < -0.39 is 18.1 Å². The first kappa shape index (κ1) is 28.1. The molecule has 0 unspecified atom stereocenters. The number of benzene rings is 2. The van der Waals surface area contributed by atoms with E-state index in [0.717, 1.165) is 17.5 Å². The van der Waals surface area contributed by atoms with Crippen LogP contribution in [0.1, 0.15) is 76.1 Å². The lowest BCUT2D eigenvalue weighted by Gasteiger charge is -2.35. The summed E-state index contributed by atoms with van der Waals surface area (Å²) in [5.41, 5.74) is 2.65. The number of methoxy groups -OCH3 is 1. The van der Waals surface area contributed by atoms with Crippen molar-refractivity contribution in [1.29, 1.82) is 0 Å². The molecule has 1 aliphatic heterocycles. The van der Waals surface area contributed by atoms with Gasteiger partial charge >= 0.3 is 6.18 Å². The average Bonchev–Trinajstić information content (AvgIpc) is 3.65. The van der Waals surface area contributed by atoms with E-state index in [4.69, 9.17) is 14.6 Å². The van der Waals surface area contributed by atoms with Crippen LogP contribution in [0.3, 0.4) is 0 Å². The molecule has 2 aromatic carbocycles. The Bertz CT molecular complexity index is 1510. The Balaban J connectivity index is 1.25. The minimum absolute atomic E-state index is 0.0226. The molecule has 11 heteroatoms. The topological polar surface area (TPSA) is 94.5 Å². The Morgan fingerprint density at radius 3 is 2.79 bits per heavy atom. The number of carbonyl (C=O) groups is 2. The van der Waals surface area contributed by atoms with Crippen LogP contribution in [0.5, 0.6) is 11.5 Å². The smallest absolute Gasteiger partial charge is 0.389 e. The molecule has 2 heterocycles. The second-order valence-electron chi connectivity index (χ2n) is 11.4. The molecule has 1 spiro atoms. The summed E-state index contributed by atoms with van der Waals surface area (Å²) in [4.78, 5) is 27.1. The number of amides is 2. The summed E-state index contributed by atoms with van der Waals surface area (Å²) in [6, 6.07) is 12.4. The highest BCUT2D eigenvalue weighted by Gasteiger charge is 2.46. The van der Waals surface area contributed by atoms with Gasteiger partial charge in [-0.2, -0.15) is 18.3 Å². The minimum Gasteiger partial charge on any atom is -0.496 e. The van der Waals surface area contributed by atoms with Gasteiger partial charge in [0.15, 0.2) is 0 Å². The maximum Gasteiger partial charge on any atom is 0.389 e. The molecule has 0 radical (unpaired) electrons. The summed E-state index contributed by atoms with van der Waals surface area (Å²) < 4.78 is 50.1. The molecular weight excluding hydrogens is 549 g/mol. The Kier molecular flexibility index (Phi) is 7.36. The third-order valence-corrected chi connectivity index (χ3v) is 8.39. The summed E-state index contributed by atoms with van der Waals surface area (Å²) in [5.74, 6) is 1.28. The van der Waals surface area contributed by atoms with E-state index in [2.05, 4.69) is 10.6 Å². The summed E-state index contributed by atoms with van der Waals surface area (Å²) >= 11 is 0. The van der Waals surface area contributed by atoms with Crippen molar-refractivity contribution >= 4 is 17.6 Å². The van der Waals surface area contributed by atoms with Gasteiger partial charge in [0.2, 0.25) is 0 Å². The van der Waals surface area contributed by atoms with Gasteiger partial charge in [-0.1, -0.05) is 31.0 Å². The molecule has 1 fully saturated rings. The number of aromatic nitrogens is 2. The molecule has 2 amide bonds. The number of ether oxygens (including phenoxy) is 2. The molecule has 222 valence electrons. The zero-order valence-corrected chi connectivity index (χ0v) is 23.4. The number of nitrogens with zero attached hydrogens (tertiary/aromatic N) is 2. The number of para-hydroxylation sites is 1. The largest absolute Gasteiger partial charge is 0.496 e. The molecule has 2 aliphatic carbocycles. The Morgan fingerprint density at radius 2 is 2.02 bits per heavy atom. The zero-order valence-electron chi connectivity index (χ0n) is 23.4. The van der Waals surface area contributed by atoms with Crippen molar-refractivity contribution in [2.45, 2.75) is 69.6 Å². The lowest BCUT2D eigenvalue weighted by Crippen LogP contribution is -2.49. The maximum atomic E-state index is 13.7. The normalized spacial score (nSPS) is 19.3. The van der Waals surface area contributed by atoms with Gasteiger partial charge in [0, 0.05) is 19.4 Å². The third kappa shape index (κ3) is 5.69. The number of alkyl halides is 3. The molecule has 3 aromatic rings. The van der Waals surface area contributed by atoms with Crippen molar-refractivity contribution in [3.8, 4) is 11.5 Å². The van der Waals surface area contributed by atoms with Gasteiger partial charge in [-0.3, -0.25) is 9.59 Å². The van der Waals surface area contributed by atoms with Gasteiger partial charge in [-0.15, -0.1) is 0 Å². The van der Waals surface area contributed by atoms with Crippen molar-refractivity contribution in [3.05, 3.63) is 70.4 Å². The monoisotopic (exact) mass is 582 g/mol.